The average molecular weight is 838 g/mol. The second kappa shape index (κ2) is 21.1. The van der Waals surface area contributed by atoms with E-state index in [-0.39, 0.29) is 22.5 Å². The number of carbonyl (C=O) groups is 4. The molecule has 5 N–H and O–H groups in total. The Balaban J connectivity index is 0.000000239. The minimum atomic E-state index is -0.478. The molecular formula is C48H39N9O6. The lowest BCUT2D eigenvalue weighted by molar-refractivity contribution is 0.101. The largest absolute Gasteiger partial charge is 0.495 e. The number of rotatable bonds is 11. The van der Waals surface area contributed by atoms with Crippen LogP contribution in [0, 0.1) is 36.7 Å². The van der Waals surface area contributed by atoms with Crippen LogP contribution in [0.15, 0.2) is 122 Å². The number of pyridine rings is 2. The van der Waals surface area contributed by atoms with Crippen LogP contribution in [0.2, 0.25) is 0 Å². The van der Waals surface area contributed by atoms with Crippen molar-refractivity contribution in [1.82, 2.24) is 14.9 Å². The summed E-state index contributed by atoms with van der Waals surface area (Å²) in [4.78, 5) is 64.5. The smallest absolute Gasteiger partial charge is 0.259 e. The van der Waals surface area contributed by atoms with Crippen molar-refractivity contribution in [1.29, 1.82) is 5.41 Å². The van der Waals surface area contributed by atoms with Crippen LogP contribution >= 0.6 is 0 Å². The Bertz CT molecular complexity index is 2780. The number of ether oxygens (including phenoxy) is 2. The fourth-order valence-electron chi connectivity index (χ4n) is 5.61. The van der Waals surface area contributed by atoms with Crippen molar-refractivity contribution >= 4 is 58.2 Å². The number of nitrogens with zero attached hydrogens (tertiary/aromatic N) is 4. The monoisotopic (exact) mass is 837 g/mol. The van der Waals surface area contributed by atoms with Gasteiger partial charge in [-0.25, -0.2) is 14.8 Å². The van der Waals surface area contributed by atoms with Crippen LogP contribution in [-0.2, 0) is 0 Å². The highest BCUT2D eigenvalue weighted by molar-refractivity contribution is 6.14. The van der Waals surface area contributed by atoms with Crippen molar-refractivity contribution < 1.29 is 28.7 Å². The third-order valence-electron chi connectivity index (χ3n) is 8.93. The first-order valence-electron chi connectivity index (χ1n) is 18.7. The number of para-hydroxylation sites is 2. The Morgan fingerprint density at radius 2 is 1.02 bits per heavy atom. The standard InChI is InChI=1S/C25H23N5O3.C23H16N4O3/c1-5-16-9-14-21(27-15-16)28-25(32)19-7-6-8-20(33-4)22(19)29-24(31)18-12-10-17(11-13-18)23(26)30(2)3;1-4-15-8-13-20(25-14-15)26-23(29)18-6-5-7-19(30-3)21(18)27-22(28)16-9-11-17(24-2)12-10-16/h1,6-15,26H,2-4H3,(H,29,31)(H,27,28,32);1,5-14H,3H3,(H,27,28)(H,25,26,29). The van der Waals surface area contributed by atoms with Gasteiger partial charge in [0, 0.05) is 54.3 Å². The van der Waals surface area contributed by atoms with Gasteiger partial charge < -0.3 is 35.6 Å². The average Bonchev–Trinajstić information content (AvgIpc) is 3.32. The lowest BCUT2D eigenvalue weighted by Gasteiger charge is -2.16. The van der Waals surface area contributed by atoms with Gasteiger partial charge in [0.25, 0.3) is 23.6 Å². The highest BCUT2D eigenvalue weighted by Crippen LogP contribution is 2.31. The van der Waals surface area contributed by atoms with Gasteiger partial charge in [0.2, 0.25) is 0 Å². The van der Waals surface area contributed by atoms with E-state index < -0.39 is 23.6 Å². The Hall–Kier alpha value is -9.26. The molecule has 2 heterocycles. The van der Waals surface area contributed by atoms with Gasteiger partial charge in [0.05, 0.1) is 43.3 Å². The highest BCUT2D eigenvalue weighted by atomic mass is 16.5. The molecule has 312 valence electrons. The number of amidine groups is 1. The maximum Gasteiger partial charge on any atom is 0.259 e. The van der Waals surface area contributed by atoms with E-state index in [2.05, 4.69) is 47.9 Å². The molecule has 0 saturated carbocycles. The quantitative estimate of drug-likeness (QED) is 0.0379. The maximum absolute atomic E-state index is 12.9. The molecule has 0 fully saturated rings. The minimum absolute atomic E-state index is 0.198. The Morgan fingerprint density at radius 1 is 0.603 bits per heavy atom. The predicted molar refractivity (Wildman–Crippen MR) is 242 cm³/mol. The summed E-state index contributed by atoms with van der Waals surface area (Å²) in [5.74, 6) is 4.71. The molecule has 4 amide bonds. The molecule has 6 aromatic rings. The molecule has 2 aromatic heterocycles. The third-order valence-corrected chi connectivity index (χ3v) is 8.93. The molecule has 0 spiro atoms. The van der Waals surface area contributed by atoms with Gasteiger partial charge in [-0.1, -0.05) is 60.4 Å². The molecule has 15 heteroatoms. The Labute approximate surface area is 363 Å². The molecule has 0 aliphatic heterocycles. The van der Waals surface area contributed by atoms with E-state index in [0.29, 0.717) is 62.5 Å². The zero-order valence-electron chi connectivity index (χ0n) is 34.4. The molecule has 15 nitrogen and oxygen atoms in total. The number of aromatic nitrogens is 2. The molecule has 0 atom stereocenters. The van der Waals surface area contributed by atoms with Crippen molar-refractivity contribution in [2.75, 3.05) is 49.6 Å². The second-order valence-electron chi connectivity index (χ2n) is 13.2. The summed E-state index contributed by atoms with van der Waals surface area (Å²) in [5.41, 5.74) is 3.84. The predicted octanol–water partition coefficient (Wildman–Crippen LogP) is 7.59. The number of hydrogen-bond acceptors (Lipinski definition) is 9. The van der Waals surface area contributed by atoms with E-state index in [1.165, 1.54) is 38.7 Å². The number of benzene rings is 4. The SMILES string of the molecule is C#Cc1ccc(NC(=O)c2cccc(OC)c2NC(=O)c2ccc(C(=N)N(C)C)cc2)nc1.[C-]#[N+]c1ccc(C(=O)Nc2c(OC)cccc2C(=O)Nc2ccc(C#C)cn2)cc1. The van der Waals surface area contributed by atoms with E-state index in [9.17, 15) is 19.2 Å². The van der Waals surface area contributed by atoms with Gasteiger partial charge in [0.15, 0.2) is 5.69 Å². The number of nitrogens with one attached hydrogen (secondary N) is 5. The van der Waals surface area contributed by atoms with E-state index in [4.69, 9.17) is 34.3 Å². The molecule has 0 radical (unpaired) electrons. The first kappa shape index (κ1) is 44.8. The molecule has 63 heavy (non-hydrogen) atoms. The zero-order chi connectivity index (χ0) is 45.5. The summed E-state index contributed by atoms with van der Waals surface area (Å²) >= 11 is 0. The van der Waals surface area contributed by atoms with E-state index in [1.54, 1.807) is 116 Å². The second-order valence-corrected chi connectivity index (χ2v) is 13.2. The number of anilines is 4. The van der Waals surface area contributed by atoms with Crippen LogP contribution in [0.3, 0.4) is 0 Å². The van der Waals surface area contributed by atoms with Crippen LogP contribution in [0.25, 0.3) is 4.85 Å². The molecule has 6 rings (SSSR count). The topological polar surface area (TPSA) is 192 Å². The van der Waals surface area contributed by atoms with Crippen molar-refractivity contribution in [3.8, 4) is 36.2 Å². The molecule has 0 bridgehead atoms. The third kappa shape index (κ3) is 11.5. The summed E-state index contributed by atoms with van der Waals surface area (Å²) in [6.45, 7) is 6.99. The number of hydrogen-bond donors (Lipinski definition) is 5. The molecular weight excluding hydrogens is 799 g/mol. The molecule has 0 aliphatic carbocycles. The van der Waals surface area contributed by atoms with E-state index in [1.807, 2.05) is 0 Å². The van der Waals surface area contributed by atoms with Crippen molar-refractivity contribution in [2.24, 2.45) is 0 Å². The maximum atomic E-state index is 12.9. The van der Waals surface area contributed by atoms with Crippen LogP contribution < -0.4 is 30.7 Å². The molecule has 0 aliphatic rings. The van der Waals surface area contributed by atoms with Gasteiger partial charge in [-0.2, -0.15) is 0 Å². The fraction of sp³-hybridized carbons (Fsp3) is 0.0833. The molecule has 0 saturated heterocycles. The first-order chi connectivity index (χ1) is 30.4. The van der Waals surface area contributed by atoms with Crippen LogP contribution in [0.4, 0.5) is 28.7 Å². The van der Waals surface area contributed by atoms with Crippen molar-refractivity contribution in [3.05, 3.63) is 172 Å². The summed E-state index contributed by atoms with van der Waals surface area (Å²) in [6.07, 6.45) is 13.6. The fourth-order valence-corrected chi connectivity index (χ4v) is 5.61. The summed E-state index contributed by atoms with van der Waals surface area (Å²) < 4.78 is 10.7. The van der Waals surface area contributed by atoms with E-state index in [0.717, 1.165) is 0 Å². The lowest BCUT2D eigenvalue weighted by Crippen LogP contribution is -2.22. The zero-order valence-corrected chi connectivity index (χ0v) is 34.4. The summed E-state index contributed by atoms with van der Waals surface area (Å²) in [6, 6.07) is 29.0. The minimum Gasteiger partial charge on any atom is -0.495 e. The normalized spacial score (nSPS) is 9.86. The van der Waals surface area contributed by atoms with Gasteiger partial charge in [-0.05, 0) is 60.7 Å². The van der Waals surface area contributed by atoms with Crippen LogP contribution in [-0.4, -0.2) is 72.6 Å². The van der Waals surface area contributed by atoms with E-state index >= 15 is 0 Å². The van der Waals surface area contributed by atoms with Crippen LogP contribution in [0.5, 0.6) is 11.5 Å². The Morgan fingerprint density at radius 3 is 1.37 bits per heavy atom. The van der Waals surface area contributed by atoms with Gasteiger partial charge in [-0.15, -0.1) is 12.8 Å². The molecule has 0 unspecified atom stereocenters. The van der Waals surface area contributed by atoms with Gasteiger partial charge >= 0.3 is 0 Å². The number of amides is 4. The summed E-state index contributed by atoms with van der Waals surface area (Å²) in [7, 11) is 6.44. The van der Waals surface area contributed by atoms with Crippen molar-refractivity contribution in [3.63, 3.8) is 0 Å². The van der Waals surface area contributed by atoms with Crippen LogP contribution in [0.1, 0.15) is 58.1 Å². The van der Waals surface area contributed by atoms with Crippen molar-refractivity contribution in [2.45, 2.75) is 0 Å². The number of methoxy groups -OCH3 is 2. The highest BCUT2D eigenvalue weighted by Gasteiger charge is 2.21. The summed E-state index contributed by atoms with van der Waals surface area (Å²) in [5, 5.41) is 18.9. The van der Waals surface area contributed by atoms with Gasteiger partial charge in [-0.3, -0.25) is 24.6 Å². The number of carbonyl (C=O) groups excluding carboxylic acids is 4. The first-order valence-corrected chi connectivity index (χ1v) is 18.7. The van der Waals surface area contributed by atoms with Gasteiger partial charge in [0.1, 0.15) is 29.0 Å². The lowest BCUT2D eigenvalue weighted by atomic mass is 10.1. The number of terminal acetylenes is 2. The Kier molecular flexibility index (Phi) is 15.0. The molecule has 4 aromatic carbocycles.